The van der Waals surface area contributed by atoms with Crippen LogP contribution < -0.4 is 0 Å². The Kier molecular flexibility index (Phi) is 3.48. The van der Waals surface area contributed by atoms with Crippen LogP contribution in [0.2, 0.25) is 0 Å². The number of furan rings is 1. The van der Waals surface area contributed by atoms with Gasteiger partial charge in [-0.15, -0.1) is 0 Å². The van der Waals surface area contributed by atoms with Gasteiger partial charge in [0.2, 0.25) is 0 Å². The summed E-state index contributed by atoms with van der Waals surface area (Å²) in [6.07, 6.45) is 1.67. The molecular formula is C24H14N2O. The van der Waals surface area contributed by atoms with Gasteiger partial charge >= 0.3 is 0 Å². The molecule has 0 aliphatic heterocycles. The number of fused-ring (bicyclic) bond motifs is 3. The molecule has 0 bridgehead atoms. The van der Waals surface area contributed by atoms with E-state index in [4.69, 9.17) is 9.68 Å². The molecule has 0 aliphatic carbocycles. The minimum atomic E-state index is 0.421. The summed E-state index contributed by atoms with van der Waals surface area (Å²) in [6.45, 7) is 0. The molecule has 0 fully saturated rings. The van der Waals surface area contributed by atoms with Crippen molar-refractivity contribution in [3.05, 3.63) is 90.8 Å². The second-order valence-electron chi connectivity index (χ2n) is 6.43. The zero-order chi connectivity index (χ0) is 18.2. The average Bonchev–Trinajstić information content (AvgIpc) is 3.12. The molecule has 5 rings (SSSR count). The summed E-state index contributed by atoms with van der Waals surface area (Å²) in [5.41, 5.74) is 6.51. The van der Waals surface area contributed by atoms with E-state index in [1.54, 1.807) is 6.20 Å². The molecular weight excluding hydrogens is 332 g/mol. The van der Waals surface area contributed by atoms with E-state index in [9.17, 15) is 0 Å². The normalized spacial score (nSPS) is 10.9. The quantitative estimate of drug-likeness (QED) is 0.383. The first-order valence-corrected chi connectivity index (χ1v) is 8.70. The van der Waals surface area contributed by atoms with Crippen LogP contribution in [0.3, 0.4) is 0 Å². The van der Waals surface area contributed by atoms with Gasteiger partial charge in [-0.25, -0.2) is 4.98 Å². The van der Waals surface area contributed by atoms with E-state index >= 15 is 0 Å². The average molecular weight is 346 g/mol. The summed E-state index contributed by atoms with van der Waals surface area (Å²) in [6, 6.07) is 28.5. The van der Waals surface area contributed by atoms with Gasteiger partial charge in [0.15, 0.2) is 0 Å². The third kappa shape index (κ3) is 2.65. The van der Waals surface area contributed by atoms with E-state index in [-0.39, 0.29) is 0 Å². The van der Waals surface area contributed by atoms with Crippen LogP contribution in [0.25, 0.3) is 44.2 Å². The molecule has 0 radical (unpaired) electrons. The highest BCUT2D eigenvalue weighted by Crippen LogP contribution is 2.33. The Balaban J connectivity index is 1.64. The maximum atomic E-state index is 9.09. The van der Waals surface area contributed by atoms with Crippen LogP contribution in [0.15, 0.2) is 89.5 Å². The smallest absolute Gasteiger partial charge is 0.141 e. The highest BCUT2D eigenvalue weighted by atomic mass is 16.3. The van der Waals surface area contributed by atoms with Crippen LogP contribution in [0, 0.1) is 11.3 Å². The Bertz CT molecular complexity index is 1340. The topological polar surface area (TPSA) is 49.8 Å². The number of pyridine rings is 1. The summed E-state index contributed by atoms with van der Waals surface area (Å²) in [5, 5.41) is 11.3. The Labute approximate surface area is 156 Å². The Morgan fingerprint density at radius 2 is 1.41 bits per heavy atom. The first-order chi connectivity index (χ1) is 13.3. The maximum Gasteiger partial charge on any atom is 0.141 e. The van der Waals surface area contributed by atoms with E-state index in [0.717, 1.165) is 44.2 Å². The maximum absolute atomic E-state index is 9.09. The molecule has 0 saturated heterocycles. The lowest BCUT2D eigenvalue weighted by atomic mass is 9.98. The van der Waals surface area contributed by atoms with Gasteiger partial charge in [0.1, 0.15) is 22.9 Å². The van der Waals surface area contributed by atoms with Gasteiger partial charge in [0.05, 0.1) is 0 Å². The highest BCUT2D eigenvalue weighted by molar-refractivity contribution is 6.06. The molecule has 2 heterocycles. The fourth-order valence-electron chi connectivity index (χ4n) is 3.46. The standard InChI is InChI=1S/C24H14N2O/c25-15-20-13-19(10-11-26-20)17-5-3-4-16(12-17)18-8-9-24-22(14-18)21-6-1-2-7-23(21)27-24/h1-14H. The van der Waals surface area contributed by atoms with Crippen molar-refractivity contribution in [1.82, 2.24) is 4.98 Å². The molecule has 5 aromatic rings. The van der Waals surface area contributed by atoms with Gasteiger partial charge < -0.3 is 4.42 Å². The van der Waals surface area contributed by atoms with Crippen LogP contribution in [0.1, 0.15) is 5.69 Å². The summed E-state index contributed by atoms with van der Waals surface area (Å²) in [5.74, 6) is 0. The summed E-state index contributed by atoms with van der Waals surface area (Å²) in [7, 11) is 0. The number of para-hydroxylation sites is 1. The second kappa shape index (κ2) is 6.12. The van der Waals surface area contributed by atoms with Gasteiger partial charge in [-0.05, 0) is 58.7 Å². The van der Waals surface area contributed by atoms with Crippen molar-refractivity contribution in [3.8, 4) is 28.3 Å². The van der Waals surface area contributed by atoms with E-state index < -0.39 is 0 Å². The zero-order valence-corrected chi connectivity index (χ0v) is 14.4. The van der Waals surface area contributed by atoms with Crippen LogP contribution in [0.4, 0.5) is 0 Å². The minimum Gasteiger partial charge on any atom is -0.456 e. The monoisotopic (exact) mass is 346 g/mol. The highest BCUT2D eigenvalue weighted by Gasteiger charge is 2.09. The first kappa shape index (κ1) is 15.4. The lowest BCUT2D eigenvalue weighted by molar-refractivity contribution is 0.669. The van der Waals surface area contributed by atoms with Crippen LogP contribution in [0.5, 0.6) is 0 Å². The molecule has 0 saturated carbocycles. The fraction of sp³-hybridized carbons (Fsp3) is 0. The molecule has 0 amide bonds. The first-order valence-electron chi connectivity index (χ1n) is 8.70. The Hall–Kier alpha value is -3.90. The molecule has 0 atom stereocenters. The number of aromatic nitrogens is 1. The SMILES string of the molecule is N#Cc1cc(-c2cccc(-c3ccc4oc5ccccc5c4c3)c2)ccn1. The third-order valence-electron chi connectivity index (χ3n) is 4.78. The van der Waals surface area contributed by atoms with Gasteiger partial charge in [-0.2, -0.15) is 5.26 Å². The summed E-state index contributed by atoms with van der Waals surface area (Å²) < 4.78 is 5.92. The predicted molar refractivity (Wildman–Crippen MR) is 107 cm³/mol. The Morgan fingerprint density at radius 3 is 2.26 bits per heavy atom. The third-order valence-corrected chi connectivity index (χ3v) is 4.78. The number of nitrogens with zero attached hydrogens (tertiary/aromatic N) is 2. The van der Waals surface area contributed by atoms with Crippen molar-refractivity contribution in [2.24, 2.45) is 0 Å². The van der Waals surface area contributed by atoms with E-state index in [2.05, 4.69) is 41.4 Å². The van der Waals surface area contributed by atoms with Crippen LogP contribution in [-0.2, 0) is 0 Å². The molecule has 0 unspecified atom stereocenters. The molecule has 0 spiro atoms. The predicted octanol–water partition coefficient (Wildman–Crippen LogP) is 6.19. The zero-order valence-electron chi connectivity index (χ0n) is 14.4. The van der Waals surface area contributed by atoms with Crippen LogP contribution in [-0.4, -0.2) is 4.98 Å². The number of nitriles is 1. The lowest BCUT2D eigenvalue weighted by Crippen LogP contribution is -1.85. The fourth-order valence-corrected chi connectivity index (χ4v) is 3.46. The van der Waals surface area contributed by atoms with Crippen molar-refractivity contribution in [3.63, 3.8) is 0 Å². The van der Waals surface area contributed by atoms with E-state index in [1.807, 2.05) is 48.5 Å². The Morgan fingerprint density at radius 1 is 0.667 bits per heavy atom. The van der Waals surface area contributed by atoms with Crippen molar-refractivity contribution in [1.29, 1.82) is 5.26 Å². The van der Waals surface area contributed by atoms with E-state index in [0.29, 0.717) is 5.69 Å². The largest absolute Gasteiger partial charge is 0.456 e. The van der Waals surface area contributed by atoms with Gasteiger partial charge in [-0.3, -0.25) is 0 Å². The second-order valence-corrected chi connectivity index (χ2v) is 6.43. The molecule has 0 N–H and O–H groups in total. The van der Waals surface area contributed by atoms with Crippen molar-refractivity contribution < 1.29 is 4.42 Å². The van der Waals surface area contributed by atoms with Gasteiger partial charge in [0.25, 0.3) is 0 Å². The number of hydrogen-bond acceptors (Lipinski definition) is 3. The summed E-state index contributed by atoms with van der Waals surface area (Å²) in [4.78, 5) is 4.05. The molecule has 126 valence electrons. The van der Waals surface area contributed by atoms with Crippen LogP contribution >= 0.6 is 0 Å². The van der Waals surface area contributed by atoms with E-state index in [1.165, 1.54) is 0 Å². The molecule has 0 aliphatic rings. The molecule has 3 heteroatoms. The lowest BCUT2D eigenvalue weighted by Gasteiger charge is -2.06. The number of rotatable bonds is 2. The summed E-state index contributed by atoms with van der Waals surface area (Å²) >= 11 is 0. The van der Waals surface area contributed by atoms with Crippen molar-refractivity contribution in [2.75, 3.05) is 0 Å². The molecule has 3 nitrogen and oxygen atoms in total. The molecule has 27 heavy (non-hydrogen) atoms. The van der Waals surface area contributed by atoms with Crippen molar-refractivity contribution in [2.45, 2.75) is 0 Å². The van der Waals surface area contributed by atoms with Gasteiger partial charge in [-0.1, -0.05) is 42.5 Å². The molecule has 2 aromatic heterocycles. The minimum absolute atomic E-state index is 0.421. The number of benzene rings is 3. The van der Waals surface area contributed by atoms with Gasteiger partial charge in [0, 0.05) is 17.0 Å². The molecule has 3 aromatic carbocycles. The number of hydrogen-bond donors (Lipinski definition) is 0. The van der Waals surface area contributed by atoms with Crippen molar-refractivity contribution >= 4 is 21.9 Å².